The summed E-state index contributed by atoms with van der Waals surface area (Å²) in [5.41, 5.74) is 4.45. The van der Waals surface area contributed by atoms with Crippen LogP contribution in [0.4, 0.5) is 0 Å². The quantitative estimate of drug-likeness (QED) is 0.589. The monoisotopic (exact) mass is 419 g/mol. The molecule has 0 amide bonds. The second-order valence-electron chi connectivity index (χ2n) is 7.68. The lowest BCUT2D eigenvalue weighted by Gasteiger charge is -2.22. The fourth-order valence-electron chi connectivity index (χ4n) is 4.04. The molecule has 162 valence electrons. The van der Waals surface area contributed by atoms with Gasteiger partial charge in [0.25, 0.3) is 0 Å². The van der Waals surface area contributed by atoms with Crippen molar-refractivity contribution in [1.29, 1.82) is 0 Å². The summed E-state index contributed by atoms with van der Waals surface area (Å²) in [5, 5.41) is 10.1. The Morgan fingerprint density at radius 2 is 1.87 bits per heavy atom. The van der Waals surface area contributed by atoms with Crippen molar-refractivity contribution in [3.63, 3.8) is 0 Å². The Bertz CT molecular complexity index is 1010. The second-order valence-corrected chi connectivity index (χ2v) is 7.68. The largest absolute Gasteiger partial charge is 0.504 e. The molecule has 31 heavy (non-hydrogen) atoms. The Morgan fingerprint density at radius 1 is 1.03 bits per heavy atom. The molecule has 0 aliphatic carbocycles. The first-order valence-corrected chi connectivity index (χ1v) is 10.7. The fourth-order valence-corrected chi connectivity index (χ4v) is 4.04. The summed E-state index contributed by atoms with van der Waals surface area (Å²) < 4.78 is 17.3. The van der Waals surface area contributed by atoms with Gasteiger partial charge in [-0.25, -0.2) is 0 Å². The molecule has 0 aromatic heterocycles. The average Bonchev–Trinajstić information content (AvgIpc) is 2.99. The lowest BCUT2D eigenvalue weighted by molar-refractivity contribution is 0.0912. The van der Waals surface area contributed by atoms with Crippen molar-refractivity contribution in [1.82, 2.24) is 4.90 Å². The van der Waals surface area contributed by atoms with E-state index in [1.165, 1.54) is 0 Å². The Hall–Kier alpha value is -3.02. The highest BCUT2D eigenvalue weighted by Gasteiger charge is 2.20. The number of hydrogen-bond acceptors (Lipinski definition) is 5. The molecule has 3 aromatic carbocycles. The van der Waals surface area contributed by atoms with Gasteiger partial charge in [0.2, 0.25) is 0 Å². The fraction of sp³-hybridized carbons (Fsp3) is 0.308. The van der Waals surface area contributed by atoms with Crippen molar-refractivity contribution in [3.8, 4) is 17.2 Å². The minimum atomic E-state index is -0.105. The van der Waals surface area contributed by atoms with E-state index in [9.17, 15) is 5.11 Å². The van der Waals surface area contributed by atoms with Crippen LogP contribution in [-0.4, -0.2) is 36.9 Å². The molecule has 5 heteroatoms. The summed E-state index contributed by atoms with van der Waals surface area (Å²) in [6.45, 7) is 5.59. The molecule has 1 aliphatic heterocycles. The van der Waals surface area contributed by atoms with Crippen molar-refractivity contribution in [2.45, 2.75) is 26.1 Å². The Labute approximate surface area is 183 Å². The number of rotatable bonds is 7. The Balaban J connectivity index is 1.57. The SMILES string of the molecule is CCOC(c1ccccc1)c1ccc2c(c1)CN(Cc1ccc(OC)c(O)c1)CCO2. The van der Waals surface area contributed by atoms with Crippen LogP contribution in [0.25, 0.3) is 0 Å². The smallest absolute Gasteiger partial charge is 0.160 e. The molecule has 0 spiro atoms. The number of fused-ring (bicyclic) bond motifs is 1. The van der Waals surface area contributed by atoms with Gasteiger partial charge < -0.3 is 19.3 Å². The molecule has 1 unspecified atom stereocenters. The summed E-state index contributed by atoms with van der Waals surface area (Å²) in [6, 6.07) is 22.2. The molecule has 0 bridgehead atoms. The van der Waals surface area contributed by atoms with Gasteiger partial charge in [-0.15, -0.1) is 0 Å². The molecule has 3 aromatic rings. The number of hydrogen-bond donors (Lipinski definition) is 1. The zero-order valence-electron chi connectivity index (χ0n) is 18.1. The topological polar surface area (TPSA) is 51.2 Å². The summed E-state index contributed by atoms with van der Waals surface area (Å²) in [5.74, 6) is 1.57. The third-order valence-corrected chi connectivity index (χ3v) is 5.53. The maximum Gasteiger partial charge on any atom is 0.160 e. The second kappa shape index (κ2) is 9.86. The summed E-state index contributed by atoms with van der Waals surface area (Å²) in [4.78, 5) is 2.33. The zero-order valence-corrected chi connectivity index (χ0v) is 18.1. The van der Waals surface area contributed by atoms with Crippen molar-refractivity contribution in [2.75, 3.05) is 26.9 Å². The number of phenols is 1. The van der Waals surface area contributed by atoms with Crippen LogP contribution in [0.5, 0.6) is 17.2 Å². The highest BCUT2D eigenvalue weighted by molar-refractivity contribution is 5.43. The molecule has 1 aliphatic rings. The lowest BCUT2D eigenvalue weighted by atomic mass is 9.98. The molecule has 1 heterocycles. The molecule has 1 N–H and O–H groups in total. The van der Waals surface area contributed by atoms with Crippen LogP contribution in [0.3, 0.4) is 0 Å². The zero-order chi connectivity index (χ0) is 21.6. The third-order valence-electron chi connectivity index (χ3n) is 5.53. The minimum Gasteiger partial charge on any atom is -0.504 e. The first kappa shape index (κ1) is 21.2. The first-order chi connectivity index (χ1) is 15.2. The van der Waals surface area contributed by atoms with Crippen molar-refractivity contribution in [3.05, 3.63) is 89.0 Å². The van der Waals surface area contributed by atoms with Crippen molar-refractivity contribution >= 4 is 0 Å². The van der Waals surface area contributed by atoms with Crippen LogP contribution < -0.4 is 9.47 Å². The van der Waals surface area contributed by atoms with E-state index < -0.39 is 0 Å². The van der Waals surface area contributed by atoms with Gasteiger partial charge in [-0.2, -0.15) is 0 Å². The number of aromatic hydroxyl groups is 1. The van der Waals surface area contributed by atoms with Crippen molar-refractivity contribution in [2.24, 2.45) is 0 Å². The number of phenolic OH excluding ortho intramolecular Hbond substituents is 1. The van der Waals surface area contributed by atoms with Gasteiger partial charge >= 0.3 is 0 Å². The number of nitrogens with zero attached hydrogens (tertiary/aromatic N) is 1. The molecule has 4 rings (SSSR count). The molecule has 1 atom stereocenters. The van der Waals surface area contributed by atoms with Gasteiger partial charge in [0.1, 0.15) is 18.5 Å². The molecule has 5 nitrogen and oxygen atoms in total. The van der Waals surface area contributed by atoms with Gasteiger partial charge in [0.05, 0.1) is 7.11 Å². The van der Waals surface area contributed by atoms with Gasteiger partial charge in [0.15, 0.2) is 11.5 Å². The van der Waals surface area contributed by atoms with Gasteiger partial charge in [-0.05, 0) is 47.9 Å². The number of benzene rings is 3. The summed E-state index contributed by atoms with van der Waals surface area (Å²) in [7, 11) is 1.56. The maximum atomic E-state index is 10.1. The Kier molecular flexibility index (Phi) is 6.75. The van der Waals surface area contributed by atoms with Gasteiger partial charge in [-0.3, -0.25) is 4.90 Å². The highest BCUT2D eigenvalue weighted by Crippen LogP contribution is 2.32. The van der Waals surface area contributed by atoms with E-state index in [0.717, 1.165) is 47.6 Å². The molecule has 0 saturated carbocycles. The molecule has 0 saturated heterocycles. The van der Waals surface area contributed by atoms with Crippen LogP contribution in [0.15, 0.2) is 66.7 Å². The molecular formula is C26H29NO4. The van der Waals surface area contributed by atoms with Crippen LogP contribution >= 0.6 is 0 Å². The van der Waals surface area contributed by atoms with E-state index in [1.54, 1.807) is 19.2 Å². The van der Waals surface area contributed by atoms with Crippen LogP contribution in [0.1, 0.15) is 35.3 Å². The standard InChI is InChI=1S/C26H29NO4/c1-3-30-26(20-7-5-4-6-8-20)21-10-12-24-22(16-21)18-27(13-14-31-24)17-19-9-11-25(29-2)23(28)15-19/h4-12,15-16,26,28H,3,13-14,17-18H2,1-2H3. The summed E-state index contributed by atoms with van der Waals surface area (Å²) in [6.07, 6.45) is -0.105. The molecule has 0 radical (unpaired) electrons. The third kappa shape index (κ3) is 5.01. The van der Waals surface area contributed by atoms with E-state index in [1.807, 2.05) is 31.2 Å². The van der Waals surface area contributed by atoms with Crippen LogP contribution in [0, 0.1) is 0 Å². The van der Waals surface area contributed by atoms with Gasteiger partial charge in [0, 0.05) is 31.8 Å². The number of methoxy groups -OCH3 is 1. The predicted molar refractivity (Wildman–Crippen MR) is 121 cm³/mol. The highest BCUT2D eigenvalue weighted by atomic mass is 16.5. The van der Waals surface area contributed by atoms with Crippen LogP contribution in [-0.2, 0) is 17.8 Å². The van der Waals surface area contributed by atoms with E-state index in [0.29, 0.717) is 19.0 Å². The van der Waals surface area contributed by atoms with E-state index in [2.05, 4.69) is 35.2 Å². The van der Waals surface area contributed by atoms with Crippen LogP contribution in [0.2, 0.25) is 0 Å². The minimum absolute atomic E-state index is 0.105. The van der Waals surface area contributed by atoms with E-state index >= 15 is 0 Å². The normalized spacial score (nSPS) is 14.9. The Morgan fingerprint density at radius 3 is 2.61 bits per heavy atom. The average molecular weight is 420 g/mol. The first-order valence-electron chi connectivity index (χ1n) is 10.7. The van der Waals surface area contributed by atoms with Crippen molar-refractivity contribution < 1.29 is 19.3 Å². The molecular weight excluding hydrogens is 390 g/mol. The lowest BCUT2D eigenvalue weighted by Crippen LogP contribution is -2.25. The maximum absolute atomic E-state index is 10.1. The number of ether oxygens (including phenoxy) is 3. The van der Waals surface area contributed by atoms with E-state index in [-0.39, 0.29) is 11.9 Å². The van der Waals surface area contributed by atoms with E-state index in [4.69, 9.17) is 14.2 Å². The summed E-state index contributed by atoms with van der Waals surface area (Å²) >= 11 is 0. The predicted octanol–water partition coefficient (Wildman–Crippen LogP) is 4.92. The van der Waals surface area contributed by atoms with Gasteiger partial charge in [-0.1, -0.05) is 42.5 Å². The molecule has 0 fully saturated rings.